The Morgan fingerprint density at radius 1 is 0.600 bits per heavy atom. The summed E-state index contributed by atoms with van der Waals surface area (Å²) in [5.74, 6) is -0.680. The first kappa shape index (κ1) is 19.4. The van der Waals surface area contributed by atoms with Gasteiger partial charge in [0.05, 0.1) is 0 Å². The predicted molar refractivity (Wildman–Crippen MR) is 83.1 cm³/mol. The molecule has 0 unspecified atom stereocenters. The average molecular weight is 305 g/mol. The van der Waals surface area contributed by atoms with E-state index in [0.717, 1.165) is 25.7 Å². The normalized spacial score (nSPS) is 10.7. The maximum Gasteiger partial charge on any atom is 0.303 e. The Kier molecular flexibility index (Phi) is 14.4. The van der Waals surface area contributed by atoms with E-state index in [-0.39, 0.29) is 5.24 Å². The minimum Gasteiger partial charge on any atom is -0.481 e. The van der Waals surface area contributed by atoms with Crippen LogP contribution in [0.4, 0.5) is 0 Å². The van der Waals surface area contributed by atoms with Crippen LogP contribution in [0.25, 0.3) is 0 Å². The van der Waals surface area contributed by atoms with Gasteiger partial charge >= 0.3 is 5.97 Å². The molecule has 0 aromatic carbocycles. The summed E-state index contributed by atoms with van der Waals surface area (Å²) in [7, 11) is 0. The Balaban J connectivity index is 2.99. The molecule has 0 aliphatic heterocycles. The number of hydrogen-bond acceptors (Lipinski definition) is 2. The molecule has 0 atom stereocenters. The van der Waals surface area contributed by atoms with E-state index in [1.165, 1.54) is 51.4 Å². The molecule has 0 spiro atoms. The molecule has 0 aliphatic carbocycles. The molecule has 3 nitrogen and oxygen atoms in total. The van der Waals surface area contributed by atoms with Crippen LogP contribution in [-0.4, -0.2) is 16.3 Å². The van der Waals surface area contributed by atoms with Crippen LogP contribution < -0.4 is 0 Å². The van der Waals surface area contributed by atoms with Crippen LogP contribution in [-0.2, 0) is 9.59 Å². The third kappa shape index (κ3) is 17.4. The van der Waals surface area contributed by atoms with E-state index in [9.17, 15) is 9.59 Å². The molecule has 0 saturated heterocycles. The maximum absolute atomic E-state index is 10.5. The highest BCUT2D eigenvalue weighted by molar-refractivity contribution is 6.63. The standard InChI is InChI=1S/C16H29ClO3/c17-15(18)13-11-9-7-5-3-1-2-4-6-8-10-12-14-16(19)20/h1-14H2,(H,19,20). The minimum atomic E-state index is -0.680. The monoisotopic (exact) mass is 304 g/mol. The number of carbonyl (C=O) groups is 2. The molecule has 0 aliphatic rings. The Bertz CT molecular complexity index is 228. The summed E-state index contributed by atoms with van der Waals surface area (Å²) < 4.78 is 0. The zero-order valence-corrected chi connectivity index (χ0v) is 13.3. The number of carboxylic acids is 1. The molecule has 1 N–H and O–H groups in total. The smallest absolute Gasteiger partial charge is 0.303 e. The van der Waals surface area contributed by atoms with Crippen LogP contribution in [0.2, 0.25) is 0 Å². The Morgan fingerprint density at radius 3 is 1.20 bits per heavy atom. The molecule has 20 heavy (non-hydrogen) atoms. The highest BCUT2D eigenvalue weighted by atomic mass is 35.5. The molecule has 0 fully saturated rings. The van der Waals surface area contributed by atoms with Crippen LogP contribution in [0.1, 0.15) is 89.9 Å². The quantitative estimate of drug-likeness (QED) is 0.330. The van der Waals surface area contributed by atoms with Crippen molar-refractivity contribution >= 4 is 22.8 Å². The first-order chi connectivity index (χ1) is 9.63. The molecule has 0 amide bonds. The van der Waals surface area contributed by atoms with Crippen molar-refractivity contribution in [1.82, 2.24) is 0 Å². The number of unbranched alkanes of at least 4 members (excludes halogenated alkanes) is 11. The highest BCUT2D eigenvalue weighted by Gasteiger charge is 1.98. The second-order valence-electron chi connectivity index (χ2n) is 5.49. The molecule has 4 heteroatoms. The van der Waals surface area contributed by atoms with Gasteiger partial charge in [-0.1, -0.05) is 64.2 Å². The number of carboxylic acid groups (broad SMARTS) is 1. The van der Waals surface area contributed by atoms with Gasteiger partial charge in [0.2, 0.25) is 5.24 Å². The molecule has 0 aromatic rings. The number of aliphatic carboxylic acids is 1. The van der Waals surface area contributed by atoms with Gasteiger partial charge in [0.25, 0.3) is 0 Å². The average Bonchev–Trinajstić information content (AvgIpc) is 2.38. The van der Waals surface area contributed by atoms with Gasteiger partial charge in [-0.3, -0.25) is 9.59 Å². The fraction of sp³-hybridized carbons (Fsp3) is 0.875. The van der Waals surface area contributed by atoms with Gasteiger partial charge in [0, 0.05) is 12.8 Å². The van der Waals surface area contributed by atoms with Gasteiger partial charge in [-0.15, -0.1) is 0 Å². The SMILES string of the molecule is O=C(O)CCCCCCCCCCCCCCC(=O)Cl. The van der Waals surface area contributed by atoms with E-state index in [1.54, 1.807) is 0 Å². The molecule has 0 aromatic heterocycles. The van der Waals surface area contributed by atoms with E-state index in [4.69, 9.17) is 16.7 Å². The van der Waals surface area contributed by atoms with E-state index in [1.807, 2.05) is 0 Å². The molecular weight excluding hydrogens is 276 g/mol. The fourth-order valence-electron chi connectivity index (χ4n) is 2.31. The van der Waals surface area contributed by atoms with Crippen LogP contribution in [0.3, 0.4) is 0 Å². The van der Waals surface area contributed by atoms with Crippen LogP contribution in [0.15, 0.2) is 0 Å². The molecule has 0 radical (unpaired) electrons. The lowest BCUT2D eigenvalue weighted by atomic mass is 10.0. The second-order valence-corrected chi connectivity index (χ2v) is 5.91. The van der Waals surface area contributed by atoms with Crippen molar-refractivity contribution in [2.45, 2.75) is 89.9 Å². The first-order valence-corrected chi connectivity index (χ1v) is 8.41. The van der Waals surface area contributed by atoms with E-state index < -0.39 is 5.97 Å². The third-order valence-corrected chi connectivity index (χ3v) is 3.70. The summed E-state index contributed by atoms with van der Waals surface area (Å²) in [6, 6.07) is 0. The van der Waals surface area contributed by atoms with Gasteiger partial charge in [0.1, 0.15) is 0 Å². The fourth-order valence-corrected chi connectivity index (χ4v) is 2.44. The summed E-state index contributed by atoms with van der Waals surface area (Å²) in [5, 5.41) is 8.28. The molecular formula is C16H29ClO3. The van der Waals surface area contributed by atoms with Crippen LogP contribution in [0, 0.1) is 0 Å². The van der Waals surface area contributed by atoms with Crippen LogP contribution in [0.5, 0.6) is 0 Å². The number of rotatable bonds is 15. The highest BCUT2D eigenvalue weighted by Crippen LogP contribution is 2.13. The Hall–Kier alpha value is -0.570. The van der Waals surface area contributed by atoms with Crippen molar-refractivity contribution in [3.63, 3.8) is 0 Å². The van der Waals surface area contributed by atoms with Gasteiger partial charge < -0.3 is 5.11 Å². The Morgan fingerprint density at radius 2 is 0.900 bits per heavy atom. The van der Waals surface area contributed by atoms with Crippen molar-refractivity contribution in [2.75, 3.05) is 0 Å². The Labute approximate surface area is 128 Å². The second kappa shape index (κ2) is 14.8. The van der Waals surface area contributed by atoms with Crippen molar-refractivity contribution in [1.29, 1.82) is 0 Å². The summed E-state index contributed by atoms with van der Waals surface area (Å²) in [6.07, 6.45) is 14.8. The minimum absolute atomic E-state index is 0.214. The summed E-state index contributed by atoms with van der Waals surface area (Å²) in [5.41, 5.74) is 0. The third-order valence-electron chi connectivity index (χ3n) is 3.51. The first-order valence-electron chi connectivity index (χ1n) is 8.03. The number of halogens is 1. The van der Waals surface area contributed by atoms with Gasteiger partial charge in [-0.25, -0.2) is 0 Å². The van der Waals surface area contributed by atoms with Gasteiger partial charge in [-0.2, -0.15) is 0 Å². The topological polar surface area (TPSA) is 54.4 Å². The van der Waals surface area contributed by atoms with Crippen molar-refractivity contribution in [2.24, 2.45) is 0 Å². The van der Waals surface area contributed by atoms with Gasteiger partial charge in [0.15, 0.2) is 0 Å². The molecule has 118 valence electrons. The zero-order valence-electron chi connectivity index (χ0n) is 12.5. The predicted octanol–water partition coefficient (Wildman–Crippen LogP) is 5.30. The summed E-state index contributed by atoms with van der Waals surface area (Å²) in [4.78, 5) is 20.8. The molecule has 0 bridgehead atoms. The van der Waals surface area contributed by atoms with E-state index in [2.05, 4.69) is 0 Å². The molecule has 0 saturated carbocycles. The van der Waals surface area contributed by atoms with Crippen molar-refractivity contribution < 1.29 is 14.7 Å². The molecule has 0 rings (SSSR count). The lowest BCUT2D eigenvalue weighted by molar-refractivity contribution is -0.137. The van der Waals surface area contributed by atoms with E-state index >= 15 is 0 Å². The number of hydrogen-bond donors (Lipinski definition) is 1. The van der Waals surface area contributed by atoms with E-state index in [0.29, 0.717) is 12.8 Å². The maximum atomic E-state index is 10.5. The van der Waals surface area contributed by atoms with Crippen molar-refractivity contribution in [3.8, 4) is 0 Å². The van der Waals surface area contributed by atoms with Crippen molar-refractivity contribution in [3.05, 3.63) is 0 Å². The lowest BCUT2D eigenvalue weighted by Gasteiger charge is -2.02. The number of carbonyl (C=O) groups excluding carboxylic acids is 1. The zero-order chi connectivity index (χ0) is 15.1. The summed E-state index contributed by atoms with van der Waals surface area (Å²) >= 11 is 5.27. The molecule has 0 heterocycles. The van der Waals surface area contributed by atoms with Gasteiger partial charge in [-0.05, 0) is 24.4 Å². The van der Waals surface area contributed by atoms with Crippen LogP contribution >= 0.6 is 11.6 Å². The lowest BCUT2D eigenvalue weighted by Crippen LogP contribution is -1.93. The largest absolute Gasteiger partial charge is 0.481 e. The summed E-state index contributed by atoms with van der Waals surface area (Å²) in [6.45, 7) is 0.